The van der Waals surface area contributed by atoms with Crippen molar-refractivity contribution in [3.05, 3.63) is 0 Å². The molecule has 30 heavy (non-hydrogen) atoms. The van der Waals surface area contributed by atoms with Crippen molar-refractivity contribution in [2.24, 2.45) is 0 Å². The Labute approximate surface area is 188 Å². The Morgan fingerprint density at radius 1 is 0.600 bits per heavy atom. The first kappa shape index (κ1) is 30.1. The van der Waals surface area contributed by atoms with Crippen LogP contribution in [-0.4, -0.2) is 17.6 Å². The molecule has 0 spiro atoms. The standard InChI is InChI=1S/C25H53O4P/c1-4-7-8-9-10-11-12-13-14-15-16-17-18-19-20-21-24-28-30(26,27)29-25(22-5-2)23-6-3/h25H,4-24H2,1-3H3,(H,26,27). The molecule has 1 N–H and O–H groups in total. The molecule has 0 bridgehead atoms. The van der Waals surface area contributed by atoms with Crippen LogP contribution in [0.5, 0.6) is 0 Å². The summed E-state index contributed by atoms with van der Waals surface area (Å²) in [5.41, 5.74) is 0. The lowest BCUT2D eigenvalue weighted by Gasteiger charge is -2.19. The zero-order valence-electron chi connectivity index (χ0n) is 20.5. The maximum Gasteiger partial charge on any atom is 0.472 e. The maximum atomic E-state index is 12.0. The summed E-state index contributed by atoms with van der Waals surface area (Å²) in [6, 6.07) is 0. The molecule has 0 saturated heterocycles. The van der Waals surface area contributed by atoms with Gasteiger partial charge in [-0.3, -0.25) is 9.05 Å². The van der Waals surface area contributed by atoms with Gasteiger partial charge in [-0.2, -0.15) is 0 Å². The first-order valence-electron chi connectivity index (χ1n) is 13.2. The van der Waals surface area contributed by atoms with Gasteiger partial charge in [0.25, 0.3) is 0 Å². The molecule has 1 unspecified atom stereocenters. The van der Waals surface area contributed by atoms with Crippen LogP contribution in [0.1, 0.15) is 149 Å². The smallest absolute Gasteiger partial charge is 0.302 e. The van der Waals surface area contributed by atoms with Crippen molar-refractivity contribution < 1.29 is 18.5 Å². The van der Waals surface area contributed by atoms with E-state index >= 15 is 0 Å². The largest absolute Gasteiger partial charge is 0.472 e. The Morgan fingerprint density at radius 3 is 1.33 bits per heavy atom. The van der Waals surface area contributed by atoms with Gasteiger partial charge in [0.2, 0.25) is 0 Å². The fraction of sp³-hybridized carbons (Fsp3) is 1.00. The predicted octanol–water partition coefficient (Wildman–Crippen LogP) is 9.35. The molecule has 0 fully saturated rings. The summed E-state index contributed by atoms with van der Waals surface area (Å²) in [6.45, 7) is 6.71. The molecule has 0 heterocycles. The van der Waals surface area contributed by atoms with E-state index in [4.69, 9.17) is 9.05 Å². The molecule has 0 aromatic rings. The van der Waals surface area contributed by atoms with Crippen LogP contribution in [0.15, 0.2) is 0 Å². The predicted molar refractivity (Wildman–Crippen MR) is 130 cm³/mol. The van der Waals surface area contributed by atoms with Crippen LogP contribution < -0.4 is 0 Å². The number of unbranched alkanes of at least 4 members (excludes halogenated alkanes) is 15. The van der Waals surface area contributed by atoms with Gasteiger partial charge in [0.05, 0.1) is 12.7 Å². The molecular formula is C25H53O4P. The third kappa shape index (κ3) is 21.3. The second kappa shape index (κ2) is 22.3. The molecule has 4 nitrogen and oxygen atoms in total. The Bertz CT molecular complexity index is 383. The minimum Gasteiger partial charge on any atom is -0.302 e. The fourth-order valence-corrected chi connectivity index (χ4v) is 4.95. The molecule has 0 aliphatic heterocycles. The minimum absolute atomic E-state index is 0.165. The van der Waals surface area contributed by atoms with E-state index in [0.717, 1.165) is 38.5 Å². The van der Waals surface area contributed by atoms with Gasteiger partial charge in [-0.15, -0.1) is 0 Å². The average molecular weight is 449 g/mol. The lowest BCUT2D eigenvalue weighted by molar-refractivity contribution is 0.0924. The summed E-state index contributed by atoms with van der Waals surface area (Å²) < 4.78 is 22.5. The number of rotatable bonds is 24. The van der Waals surface area contributed by atoms with E-state index in [1.165, 1.54) is 89.9 Å². The molecule has 0 aliphatic rings. The second-order valence-corrected chi connectivity index (χ2v) is 10.3. The number of phosphoric acid groups is 1. The van der Waals surface area contributed by atoms with Crippen LogP contribution in [0, 0.1) is 0 Å². The molecule has 0 amide bonds. The highest BCUT2D eigenvalue weighted by molar-refractivity contribution is 7.47. The van der Waals surface area contributed by atoms with Crippen molar-refractivity contribution in [1.82, 2.24) is 0 Å². The van der Waals surface area contributed by atoms with Gasteiger partial charge in [0.1, 0.15) is 0 Å². The second-order valence-electron chi connectivity index (χ2n) is 8.91. The summed E-state index contributed by atoms with van der Waals surface area (Å²) >= 11 is 0. The molecule has 0 aromatic heterocycles. The Balaban J connectivity index is 3.40. The van der Waals surface area contributed by atoms with Gasteiger partial charge in [-0.1, -0.05) is 130 Å². The van der Waals surface area contributed by atoms with E-state index in [1.807, 2.05) is 0 Å². The first-order valence-corrected chi connectivity index (χ1v) is 14.7. The van der Waals surface area contributed by atoms with Gasteiger partial charge in [0, 0.05) is 0 Å². The maximum absolute atomic E-state index is 12.0. The summed E-state index contributed by atoms with van der Waals surface area (Å²) in [5, 5.41) is 0. The Hall–Kier alpha value is 0.110. The van der Waals surface area contributed by atoms with Crippen LogP contribution in [0.25, 0.3) is 0 Å². The van der Waals surface area contributed by atoms with Crippen molar-refractivity contribution in [3.8, 4) is 0 Å². The van der Waals surface area contributed by atoms with Gasteiger partial charge in [0.15, 0.2) is 0 Å². The molecule has 182 valence electrons. The molecular weight excluding hydrogens is 395 g/mol. The van der Waals surface area contributed by atoms with E-state index < -0.39 is 7.82 Å². The Kier molecular flexibility index (Phi) is 22.4. The fourth-order valence-electron chi connectivity index (χ4n) is 3.94. The van der Waals surface area contributed by atoms with Crippen molar-refractivity contribution in [3.63, 3.8) is 0 Å². The van der Waals surface area contributed by atoms with E-state index in [2.05, 4.69) is 20.8 Å². The van der Waals surface area contributed by atoms with E-state index in [9.17, 15) is 9.46 Å². The highest BCUT2D eigenvalue weighted by Gasteiger charge is 2.25. The molecule has 5 heteroatoms. The number of hydrogen-bond acceptors (Lipinski definition) is 3. The molecule has 0 aliphatic carbocycles. The Morgan fingerprint density at radius 2 is 0.967 bits per heavy atom. The van der Waals surface area contributed by atoms with Crippen molar-refractivity contribution in [1.29, 1.82) is 0 Å². The minimum atomic E-state index is -3.90. The van der Waals surface area contributed by atoms with Gasteiger partial charge in [-0.05, 0) is 19.3 Å². The van der Waals surface area contributed by atoms with Crippen LogP contribution >= 0.6 is 7.82 Å². The lowest BCUT2D eigenvalue weighted by Crippen LogP contribution is -2.12. The normalized spacial score (nSPS) is 13.8. The molecule has 0 rings (SSSR count). The van der Waals surface area contributed by atoms with Gasteiger partial charge >= 0.3 is 7.82 Å². The summed E-state index contributed by atoms with van der Waals surface area (Å²) in [5.74, 6) is 0. The summed E-state index contributed by atoms with van der Waals surface area (Å²) in [6.07, 6.45) is 24.4. The van der Waals surface area contributed by atoms with Gasteiger partial charge in [-0.25, -0.2) is 4.57 Å². The summed E-state index contributed by atoms with van der Waals surface area (Å²) in [4.78, 5) is 9.87. The molecule has 0 saturated carbocycles. The zero-order chi connectivity index (χ0) is 22.3. The van der Waals surface area contributed by atoms with Crippen LogP contribution in [0.2, 0.25) is 0 Å². The lowest BCUT2D eigenvalue weighted by atomic mass is 10.0. The highest BCUT2D eigenvalue weighted by Crippen LogP contribution is 2.46. The quantitative estimate of drug-likeness (QED) is 0.118. The molecule has 0 aromatic carbocycles. The summed E-state index contributed by atoms with van der Waals surface area (Å²) in [7, 11) is -3.90. The third-order valence-electron chi connectivity index (χ3n) is 5.76. The first-order chi connectivity index (χ1) is 14.6. The topological polar surface area (TPSA) is 55.8 Å². The van der Waals surface area contributed by atoms with Crippen molar-refractivity contribution in [2.45, 2.75) is 155 Å². The van der Waals surface area contributed by atoms with Crippen molar-refractivity contribution in [2.75, 3.05) is 6.61 Å². The molecule has 1 atom stereocenters. The monoisotopic (exact) mass is 448 g/mol. The third-order valence-corrected chi connectivity index (χ3v) is 6.83. The van der Waals surface area contributed by atoms with Crippen molar-refractivity contribution >= 4 is 7.82 Å². The zero-order valence-corrected chi connectivity index (χ0v) is 21.4. The molecule has 0 radical (unpaired) electrons. The highest BCUT2D eigenvalue weighted by atomic mass is 31.2. The number of phosphoric ester groups is 1. The van der Waals surface area contributed by atoms with Crippen LogP contribution in [0.4, 0.5) is 0 Å². The average Bonchev–Trinajstić information content (AvgIpc) is 2.70. The van der Waals surface area contributed by atoms with E-state index in [-0.39, 0.29) is 6.10 Å². The van der Waals surface area contributed by atoms with Crippen LogP contribution in [-0.2, 0) is 13.6 Å². The van der Waals surface area contributed by atoms with Crippen LogP contribution in [0.3, 0.4) is 0 Å². The van der Waals surface area contributed by atoms with E-state index in [0.29, 0.717) is 6.61 Å². The number of hydrogen-bond donors (Lipinski definition) is 1. The van der Waals surface area contributed by atoms with E-state index in [1.54, 1.807) is 0 Å². The SMILES string of the molecule is CCCCCCCCCCCCCCCCCCOP(=O)(O)OC(CCC)CCC. The van der Waals surface area contributed by atoms with Gasteiger partial charge < -0.3 is 4.89 Å².